The van der Waals surface area contributed by atoms with Crippen molar-refractivity contribution >= 4 is 31.9 Å². The van der Waals surface area contributed by atoms with Crippen molar-refractivity contribution in [2.24, 2.45) is 5.92 Å². The Kier molecular flexibility index (Phi) is 6.42. The maximum absolute atomic E-state index is 12.2. The molecule has 4 rings (SSSR count). The second kappa shape index (κ2) is 8.66. The topological polar surface area (TPSA) is 113 Å². The Morgan fingerprint density at radius 2 is 1.62 bits per heavy atom. The Bertz CT molecular complexity index is 1100. The van der Waals surface area contributed by atoms with Gasteiger partial charge in [0.15, 0.2) is 0 Å². The summed E-state index contributed by atoms with van der Waals surface area (Å²) in [7, 11) is -7.37. The number of nitrogens with one attached hydrogen (secondary N) is 2. The Morgan fingerprint density at radius 3 is 2.24 bits per heavy atom. The van der Waals surface area contributed by atoms with Gasteiger partial charge in [-0.25, -0.2) is 8.42 Å². The molecule has 2 aliphatic rings. The molecule has 7 nitrogen and oxygen atoms in total. The van der Waals surface area contributed by atoms with Gasteiger partial charge in [0.25, 0.3) is 20.1 Å². The maximum atomic E-state index is 12.2. The van der Waals surface area contributed by atoms with E-state index in [1.807, 2.05) is 31.2 Å². The van der Waals surface area contributed by atoms with Gasteiger partial charge in [-0.1, -0.05) is 35.9 Å². The Morgan fingerprint density at radius 1 is 1.00 bits per heavy atom. The van der Waals surface area contributed by atoms with E-state index >= 15 is 0 Å². The number of allylic oxidation sites excluding steroid dienone is 1. The minimum absolute atomic E-state index is 0.0666. The second-order valence-electron chi connectivity index (χ2n) is 7.05. The third-order valence-corrected chi connectivity index (χ3v) is 7.30. The van der Waals surface area contributed by atoms with Crippen LogP contribution < -0.4 is 10.0 Å². The van der Waals surface area contributed by atoms with Crippen LogP contribution in [0.4, 0.5) is 5.69 Å². The van der Waals surface area contributed by atoms with E-state index in [0.29, 0.717) is 10.6 Å². The molecular formula is C20H24N2O5S2. The van der Waals surface area contributed by atoms with E-state index in [1.165, 1.54) is 12.1 Å². The summed E-state index contributed by atoms with van der Waals surface area (Å²) in [6.07, 6.45) is 3.60. The number of anilines is 1. The molecular weight excluding hydrogens is 412 g/mol. The number of hydrogen-bond donors (Lipinski definition) is 3. The van der Waals surface area contributed by atoms with Gasteiger partial charge in [0, 0.05) is 0 Å². The highest BCUT2D eigenvalue weighted by Gasteiger charge is 2.30. The van der Waals surface area contributed by atoms with E-state index in [2.05, 4.69) is 10.0 Å². The molecule has 9 heteroatoms. The van der Waals surface area contributed by atoms with E-state index in [4.69, 9.17) is 4.55 Å². The molecule has 2 aromatic carbocycles. The third kappa shape index (κ3) is 5.45. The van der Waals surface area contributed by atoms with E-state index < -0.39 is 20.1 Å². The first-order chi connectivity index (χ1) is 13.7. The zero-order valence-electron chi connectivity index (χ0n) is 16.0. The lowest BCUT2D eigenvalue weighted by molar-refractivity contribution is 0.429. The molecule has 3 N–H and O–H groups in total. The normalized spacial score (nSPS) is 18.5. The minimum atomic E-state index is -4.02. The zero-order valence-corrected chi connectivity index (χ0v) is 17.6. The molecule has 0 amide bonds. The van der Waals surface area contributed by atoms with Gasteiger partial charge >= 0.3 is 0 Å². The number of rotatable bonds is 2. The third-order valence-electron chi connectivity index (χ3n) is 4.87. The van der Waals surface area contributed by atoms with Crippen LogP contribution >= 0.6 is 0 Å². The van der Waals surface area contributed by atoms with Crippen LogP contribution in [0.2, 0.25) is 0 Å². The Balaban J connectivity index is 0.000000188. The summed E-state index contributed by atoms with van der Waals surface area (Å²) in [5.41, 5.74) is 2.59. The number of sulfonamides is 1. The summed E-state index contributed by atoms with van der Waals surface area (Å²) in [5, 5.41) is 3.26. The monoisotopic (exact) mass is 436 g/mol. The summed E-state index contributed by atoms with van der Waals surface area (Å²) in [6, 6.07) is 13.5. The summed E-state index contributed by atoms with van der Waals surface area (Å²) < 4.78 is 56.7. The number of piperidine rings is 1. The number of aryl methyl sites for hydroxylation is 1. The predicted octanol–water partition coefficient (Wildman–Crippen LogP) is 3.02. The molecule has 156 valence electrons. The molecule has 0 unspecified atom stereocenters. The van der Waals surface area contributed by atoms with Crippen molar-refractivity contribution in [2.75, 3.05) is 17.8 Å². The molecule has 0 spiro atoms. The quantitative estimate of drug-likeness (QED) is 0.624. The molecule has 2 heterocycles. The van der Waals surface area contributed by atoms with Gasteiger partial charge in [-0.15, -0.1) is 0 Å². The van der Waals surface area contributed by atoms with Crippen molar-refractivity contribution in [3.8, 4) is 0 Å². The average Bonchev–Trinajstić information content (AvgIpc) is 2.67. The van der Waals surface area contributed by atoms with Gasteiger partial charge < -0.3 is 5.32 Å². The van der Waals surface area contributed by atoms with Crippen LogP contribution in [0.3, 0.4) is 0 Å². The predicted molar refractivity (Wildman–Crippen MR) is 114 cm³/mol. The van der Waals surface area contributed by atoms with Crippen molar-refractivity contribution in [3.63, 3.8) is 0 Å². The minimum Gasteiger partial charge on any atom is -0.317 e. The number of benzene rings is 2. The highest BCUT2D eigenvalue weighted by Crippen LogP contribution is 2.34. The van der Waals surface area contributed by atoms with Crippen molar-refractivity contribution in [2.45, 2.75) is 24.7 Å². The molecule has 2 aliphatic heterocycles. The van der Waals surface area contributed by atoms with Crippen LogP contribution in [0.25, 0.3) is 6.08 Å². The first-order valence-corrected chi connectivity index (χ1v) is 12.2. The molecule has 0 saturated carbocycles. The Hall–Kier alpha value is -2.20. The standard InChI is InChI=1S/C13H16N2O2S.C7H8O3S/c16-18(17)13(10-5-7-14-8-6-10)9-11-3-1-2-4-12(11)15-18;1-6-2-4-7(5-3-6)11(8,9)10/h1-4,9-10,14-15H,5-8H2;2-5H,1H3,(H,8,9,10). The van der Waals surface area contributed by atoms with Crippen molar-refractivity contribution in [1.82, 2.24) is 5.32 Å². The molecule has 1 fully saturated rings. The molecule has 0 bridgehead atoms. The van der Waals surface area contributed by atoms with Gasteiger partial charge in [0.1, 0.15) is 0 Å². The van der Waals surface area contributed by atoms with Gasteiger partial charge in [0.2, 0.25) is 0 Å². The van der Waals surface area contributed by atoms with Crippen LogP contribution in [0.5, 0.6) is 0 Å². The zero-order chi connectivity index (χ0) is 21.1. The van der Waals surface area contributed by atoms with Crippen LogP contribution in [-0.2, 0) is 20.1 Å². The lowest BCUT2D eigenvalue weighted by Gasteiger charge is -2.28. The van der Waals surface area contributed by atoms with Crippen molar-refractivity contribution < 1.29 is 21.4 Å². The maximum Gasteiger partial charge on any atom is 0.294 e. The van der Waals surface area contributed by atoms with E-state index in [1.54, 1.807) is 18.2 Å². The molecule has 0 atom stereocenters. The van der Waals surface area contributed by atoms with Gasteiger partial charge in [-0.2, -0.15) is 8.42 Å². The Labute approximate surface area is 171 Å². The smallest absolute Gasteiger partial charge is 0.294 e. The van der Waals surface area contributed by atoms with Gasteiger partial charge in [-0.3, -0.25) is 9.27 Å². The molecule has 29 heavy (non-hydrogen) atoms. The van der Waals surface area contributed by atoms with Crippen LogP contribution in [0.1, 0.15) is 24.0 Å². The van der Waals surface area contributed by atoms with Crippen LogP contribution in [0.15, 0.2) is 58.3 Å². The van der Waals surface area contributed by atoms with E-state index in [9.17, 15) is 16.8 Å². The molecule has 1 saturated heterocycles. The lowest BCUT2D eigenvalue weighted by atomic mass is 9.96. The number of para-hydroxylation sites is 1. The first kappa shape index (κ1) is 21.5. The number of hydrogen-bond acceptors (Lipinski definition) is 5. The fourth-order valence-electron chi connectivity index (χ4n) is 3.30. The van der Waals surface area contributed by atoms with Crippen LogP contribution in [0, 0.1) is 12.8 Å². The summed E-state index contributed by atoms with van der Waals surface area (Å²) in [5.74, 6) is 0.136. The fourth-order valence-corrected chi connectivity index (χ4v) is 5.33. The van der Waals surface area contributed by atoms with Crippen molar-refractivity contribution in [1.29, 1.82) is 0 Å². The summed E-state index contributed by atoms with van der Waals surface area (Å²) >= 11 is 0. The molecule has 2 aromatic rings. The van der Waals surface area contributed by atoms with Crippen LogP contribution in [-0.4, -0.2) is 34.5 Å². The lowest BCUT2D eigenvalue weighted by Crippen LogP contribution is -2.32. The molecule has 0 aromatic heterocycles. The van der Waals surface area contributed by atoms with E-state index in [0.717, 1.165) is 37.1 Å². The largest absolute Gasteiger partial charge is 0.317 e. The molecule has 0 aliphatic carbocycles. The fraction of sp³-hybridized carbons (Fsp3) is 0.300. The highest BCUT2D eigenvalue weighted by atomic mass is 32.2. The summed E-state index contributed by atoms with van der Waals surface area (Å²) in [6.45, 7) is 3.62. The van der Waals surface area contributed by atoms with Crippen molar-refractivity contribution in [3.05, 3.63) is 64.6 Å². The number of fused-ring (bicyclic) bond motifs is 1. The average molecular weight is 437 g/mol. The molecule has 0 radical (unpaired) electrons. The van der Waals surface area contributed by atoms with Gasteiger partial charge in [-0.05, 0) is 68.6 Å². The second-order valence-corrected chi connectivity index (χ2v) is 10.2. The van der Waals surface area contributed by atoms with E-state index in [-0.39, 0.29) is 10.8 Å². The first-order valence-electron chi connectivity index (χ1n) is 9.25. The summed E-state index contributed by atoms with van der Waals surface area (Å²) in [4.78, 5) is 0.478. The highest BCUT2D eigenvalue weighted by molar-refractivity contribution is 7.96. The SMILES string of the molecule is Cc1ccc(S(=O)(=O)O)cc1.O=S1(=O)Nc2ccccc2C=C1C1CCNCC1. The van der Waals surface area contributed by atoms with Gasteiger partial charge in [0.05, 0.1) is 15.5 Å².